The van der Waals surface area contributed by atoms with Crippen LogP contribution in [0.5, 0.6) is 0 Å². The molecule has 0 spiro atoms. The Morgan fingerprint density at radius 1 is 1.24 bits per heavy atom. The van der Waals surface area contributed by atoms with Crippen LogP contribution in [0, 0.1) is 5.92 Å². The maximum Gasteiger partial charge on any atom is 0.303 e. The molecule has 2 fully saturated rings. The van der Waals surface area contributed by atoms with Crippen molar-refractivity contribution in [3.8, 4) is 0 Å². The number of rotatable bonds is 6. The molecule has 2 unspecified atom stereocenters. The normalized spacial score (nSPS) is 25.7. The monoisotopic (exact) mass is 296 g/mol. The number of carbonyl (C=O) groups excluding carboxylic acids is 1. The lowest BCUT2D eigenvalue weighted by Gasteiger charge is -2.36. The zero-order valence-corrected chi connectivity index (χ0v) is 13.0. The maximum absolute atomic E-state index is 12.3. The minimum absolute atomic E-state index is 0.0989. The summed E-state index contributed by atoms with van der Waals surface area (Å²) in [6, 6.07) is 0.269. The van der Waals surface area contributed by atoms with Gasteiger partial charge in [-0.15, -0.1) is 0 Å². The molecule has 2 rings (SSSR count). The molecule has 120 valence electrons. The third kappa shape index (κ3) is 4.99. The van der Waals surface area contributed by atoms with Crippen molar-refractivity contribution < 1.29 is 14.7 Å². The van der Waals surface area contributed by atoms with Crippen molar-refractivity contribution in [2.24, 2.45) is 5.92 Å². The largest absolute Gasteiger partial charge is 0.481 e. The Kier molecular flexibility index (Phi) is 6.03. The van der Waals surface area contributed by atoms with Gasteiger partial charge in [0.05, 0.1) is 6.04 Å². The van der Waals surface area contributed by atoms with E-state index in [0.29, 0.717) is 12.0 Å². The van der Waals surface area contributed by atoms with Crippen molar-refractivity contribution in [3.05, 3.63) is 0 Å². The molecule has 1 saturated carbocycles. The summed E-state index contributed by atoms with van der Waals surface area (Å²) in [5, 5.41) is 12.0. The highest BCUT2D eigenvalue weighted by Gasteiger charge is 2.29. The van der Waals surface area contributed by atoms with Crippen LogP contribution in [0.3, 0.4) is 0 Å². The van der Waals surface area contributed by atoms with Crippen LogP contribution in [0.4, 0.5) is 0 Å². The fourth-order valence-electron chi connectivity index (χ4n) is 3.57. The third-order valence-electron chi connectivity index (χ3n) is 4.95. The summed E-state index contributed by atoms with van der Waals surface area (Å²) in [6.45, 7) is 3.78. The Bertz CT molecular complexity index is 367. The number of carboxylic acids is 1. The number of nitrogens with one attached hydrogen (secondary N) is 1. The van der Waals surface area contributed by atoms with Gasteiger partial charge in [0.25, 0.3) is 0 Å². The maximum atomic E-state index is 12.3. The smallest absolute Gasteiger partial charge is 0.303 e. The van der Waals surface area contributed by atoms with Gasteiger partial charge in [0.2, 0.25) is 5.91 Å². The number of hydrogen-bond donors (Lipinski definition) is 2. The van der Waals surface area contributed by atoms with Crippen LogP contribution in [0.2, 0.25) is 0 Å². The first-order chi connectivity index (χ1) is 10.1. The van der Waals surface area contributed by atoms with E-state index in [2.05, 4.69) is 10.2 Å². The van der Waals surface area contributed by atoms with E-state index in [1.807, 2.05) is 6.92 Å². The summed E-state index contributed by atoms with van der Waals surface area (Å²) >= 11 is 0. The van der Waals surface area contributed by atoms with E-state index in [0.717, 1.165) is 45.2 Å². The van der Waals surface area contributed by atoms with Crippen molar-refractivity contribution >= 4 is 11.9 Å². The molecular formula is C16H28N2O3. The van der Waals surface area contributed by atoms with E-state index in [-0.39, 0.29) is 18.4 Å². The molecule has 5 heteroatoms. The van der Waals surface area contributed by atoms with Gasteiger partial charge in [0.1, 0.15) is 0 Å². The Hall–Kier alpha value is -1.10. The van der Waals surface area contributed by atoms with Crippen LogP contribution in [0.15, 0.2) is 0 Å². The van der Waals surface area contributed by atoms with Crippen LogP contribution >= 0.6 is 0 Å². The quantitative estimate of drug-likeness (QED) is 0.786. The molecule has 2 N–H and O–H groups in total. The summed E-state index contributed by atoms with van der Waals surface area (Å²) in [7, 11) is 0. The number of hydrogen-bond acceptors (Lipinski definition) is 3. The van der Waals surface area contributed by atoms with E-state index in [1.54, 1.807) is 0 Å². The lowest BCUT2D eigenvalue weighted by Crippen LogP contribution is -2.50. The fourth-order valence-corrected chi connectivity index (χ4v) is 3.57. The van der Waals surface area contributed by atoms with Gasteiger partial charge in [-0.25, -0.2) is 0 Å². The molecule has 2 aliphatic rings. The van der Waals surface area contributed by atoms with Gasteiger partial charge in [-0.3, -0.25) is 14.5 Å². The first-order valence-corrected chi connectivity index (χ1v) is 8.32. The second-order valence-electron chi connectivity index (χ2n) is 6.60. The van der Waals surface area contributed by atoms with Gasteiger partial charge in [-0.05, 0) is 51.5 Å². The lowest BCUT2D eigenvalue weighted by molar-refractivity contribution is -0.137. The summed E-state index contributed by atoms with van der Waals surface area (Å²) in [4.78, 5) is 25.2. The Labute approximate surface area is 127 Å². The summed E-state index contributed by atoms with van der Waals surface area (Å²) in [5.41, 5.74) is 0. The minimum atomic E-state index is -0.723. The second-order valence-corrected chi connectivity index (χ2v) is 6.60. The number of carbonyl (C=O) groups is 2. The van der Waals surface area contributed by atoms with Gasteiger partial charge in [0, 0.05) is 19.0 Å². The number of amides is 1. The Morgan fingerprint density at radius 2 is 1.95 bits per heavy atom. The molecule has 0 bridgehead atoms. The van der Waals surface area contributed by atoms with Crippen molar-refractivity contribution in [1.29, 1.82) is 0 Å². The van der Waals surface area contributed by atoms with Gasteiger partial charge < -0.3 is 10.4 Å². The Balaban J connectivity index is 1.78. The molecular weight excluding hydrogens is 268 g/mol. The van der Waals surface area contributed by atoms with Crippen LogP contribution in [0.1, 0.15) is 58.3 Å². The SMILES string of the molecule is CC(C(=O)NC1CCCC1)N1CCCC(CCC(=O)O)C1. The molecule has 0 aromatic rings. The molecule has 0 aromatic carbocycles. The van der Waals surface area contributed by atoms with Gasteiger partial charge in [0.15, 0.2) is 0 Å². The zero-order valence-electron chi connectivity index (χ0n) is 13.0. The highest BCUT2D eigenvalue weighted by molar-refractivity contribution is 5.81. The number of aliphatic carboxylic acids is 1. The highest BCUT2D eigenvalue weighted by Crippen LogP contribution is 2.23. The molecule has 0 aromatic heterocycles. The number of nitrogens with zero attached hydrogens (tertiary/aromatic N) is 1. The molecule has 21 heavy (non-hydrogen) atoms. The number of likely N-dealkylation sites (tertiary alicyclic amines) is 1. The zero-order chi connectivity index (χ0) is 15.2. The van der Waals surface area contributed by atoms with Gasteiger partial charge in [-0.1, -0.05) is 12.8 Å². The number of carboxylic acid groups (broad SMARTS) is 1. The minimum Gasteiger partial charge on any atom is -0.481 e. The summed E-state index contributed by atoms with van der Waals surface area (Å²) in [6.07, 6.45) is 7.77. The van der Waals surface area contributed by atoms with Crippen LogP contribution in [-0.2, 0) is 9.59 Å². The molecule has 2 atom stereocenters. The predicted molar refractivity (Wildman–Crippen MR) is 81.0 cm³/mol. The summed E-state index contributed by atoms with van der Waals surface area (Å²) in [5.74, 6) is -0.170. The van der Waals surface area contributed by atoms with Gasteiger partial charge >= 0.3 is 5.97 Å². The first kappa shape index (κ1) is 16.3. The predicted octanol–water partition coefficient (Wildman–Crippen LogP) is 2.01. The lowest BCUT2D eigenvalue weighted by atomic mass is 9.92. The van der Waals surface area contributed by atoms with Crippen molar-refractivity contribution in [2.75, 3.05) is 13.1 Å². The topological polar surface area (TPSA) is 69.6 Å². The molecule has 0 radical (unpaired) electrons. The fraction of sp³-hybridized carbons (Fsp3) is 0.875. The molecule has 1 aliphatic carbocycles. The van der Waals surface area contributed by atoms with Crippen molar-refractivity contribution in [3.63, 3.8) is 0 Å². The highest BCUT2D eigenvalue weighted by atomic mass is 16.4. The summed E-state index contributed by atoms with van der Waals surface area (Å²) < 4.78 is 0. The van der Waals surface area contributed by atoms with E-state index in [9.17, 15) is 9.59 Å². The van der Waals surface area contributed by atoms with E-state index >= 15 is 0 Å². The third-order valence-corrected chi connectivity index (χ3v) is 4.95. The van der Waals surface area contributed by atoms with Crippen LogP contribution in [0.25, 0.3) is 0 Å². The van der Waals surface area contributed by atoms with Crippen molar-refractivity contribution in [2.45, 2.75) is 70.4 Å². The van der Waals surface area contributed by atoms with Crippen LogP contribution < -0.4 is 5.32 Å². The van der Waals surface area contributed by atoms with Crippen LogP contribution in [-0.4, -0.2) is 47.1 Å². The second kappa shape index (κ2) is 7.78. The molecule has 1 heterocycles. The van der Waals surface area contributed by atoms with E-state index in [1.165, 1.54) is 12.8 Å². The first-order valence-electron chi connectivity index (χ1n) is 8.32. The van der Waals surface area contributed by atoms with E-state index < -0.39 is 5.97 Å². The Morgan fingerprint density at radius 3 is 2.62 bits per heavy atom. The standard InChI is InChI=1S/C16H28N2O3/c1-12(16(21)17-14-6-2-3-7-14)18-10-4-5-13(11-18)8-9-15(19)20/h12-14H,2-11H2,1H3,(H,17,21)(H,19,20). The molecule has 1 amide bonds. The average Bonchev–Trinajstić information content (AvgIpc) is 2.97. The molecule has 1 saturated heterocycles. The average molecular weight is 296 g/mol. The van der Waals surface area contributed by atoms with Crippen molar-refractivity contribution in [1.82, 2.24) is 10.2 Å². The van der Waals surface area contributed by atoms with Gasteiger partial charge in [-0.2, -0.15) is 0 Å². The number of piperidine rings is 1. The molecule has 1 aliphatic heterocycles. The molecule has 5 nitrogen and oxygen atoms in total. The van der Waals surface area contributed by atoms with E-state index in [4.69, 9.17) is 5.11 Å².